The van der Waals surface area contributed by atoms with Crippen molar-refractivity contribution in [2.45, 2.75) is 0 Å². The van der Waals surface area contributed by atoms with E-state index in [9.17, 15) is 4.79 Å². The Morgan fingerprint density at radius 1 is 0.889 bits per heavy atom. The third-order valence-electron chi connectivity index (χ3n) is 4.65. The quantitative estimate of drug-likeness (QED) is 0.696. The molecule has 0 atom stereocenters. The fraction of sp³-hybridized carbons (Fsp3) is 0.190. The van der Waals surface area contributed by atoms with Gasteiger partial charge in [-0.25, -0.2) is 9.97 Å². The summed E-state index contributed by atoms with van der Waals surface area (Å²) in [6.07, 6.45) is 1.77. The molecule has 1 aromatic heterocycles. The molecule has 0 unspecified atom stereocenters. The van der Waals surface area contributed by atoms with E-state index in [1.165, 1.54) is 0 Å². The van der Waals surface area contributed by atoms with Crippen LogP contribution in [0.15, 0.2) is 66.9 Å². The van der Waals surface area contributed by atoms with E-state index in [-0.39, 0.29) is 5.91 Å². The lowest BCUT2D eigenvalue weighted by molar-refractivity contribution is 0.0746. The second-order valence-corrected chi connectivity index (χ2v) is 6.83. The average Bonchev–Trinajstić information content (AvgIpc) is 2.75. The Morgan fingerprint density at radius 2 is 1.59 bits per heavy atom. The van der Waals surface area contributed by atoms with Crippen LogP contribution in [0, 0.1) is 0 Å². The van der Waals surface area contributed by atoms with Crippen LogP contribution in [0.3, 0.4) is 0 Å². The van der Waals surface area contributed by atoms with E-state index in [4.69, 9.17) is 16.6 Å². The Bertz CT molecular complexity index is 922. The highest BCUT2D eigenvalue weighted by Gasteiger charge is 2.23. The van der Waals surface area contributed by atoms with Crippen molar-refractivity contribution in [3.63, 3.8) is 0 Å². The predicted molar refractivity (Wildman–Crippen MR) is 107 cm³/mol. The highest BCUT2D eigenvalue weighted by atomic mass is 35.5. The van der Waals surface area contributed by atoms with Crippen molar-refractivity contribution in [2.75, 3.05) is 31.1 Å². The van der Waals surface area contributed by atoms with Gasteiger partial charge >= 0.3 is 0 Å². The largest absolute Gasteiger partial charge is 0.353 e. The van der Waals surface area contributed by atoms with Crippen LogP contribution >= 0.6 is 11.6 Å². The standard InChI is InChI=1S/C21H19ClN4O/c22-18-8-6-16(7-9-18)20-23-11-10-19(24-20)25-12-14-26(15-13-25)21(27)17-4-2-1-3-5-17/h1-11H,12-15H2. The third-order valence-corrected chi connectivity index (χ3v) is 4.91. The van der Waals surface area contributed by atoms with Crippen molar-refractivity contribution < 1.29 is 4.79 Å². The van der Waals surface area contributed by atoms with Crippen LogP contribution in [-0.2, 0) is 0 Å². The molecule has 0 bridgehead atoms. The number of hydrogen-bond acceptors (Lipinski definition) is 4. The monoisotopic (exact) mass is 378 g/mol. The van der Waals surface area contributed by atoms with Gasteiger partial charge in [0.1, 0.15) is 5.82 Å². The number of anilines is 1. The van der Waals surface area contributed by atoms with Gasteiger partial charge in [0.15, 0.2) is 5.82 Å². The van der Waals surface area contributed by atoms with Gasteiger partial charge in [-0.05, 0) is 42.5 Å². The zero-order valence-corrected chi connectivity index (χ0v) is 15.5. The topological polar surface area (TPSA) is 49.3 Å². The minimum absolute atomic E-state index is 0.0831. The molecule has 0 radical (unpaired) electrons. The van der Waals surface area contributed by atoms with Gasteiger partial charge in [0.2, 0.25) is 0 Å². The van der Waals surface area contributed by atoms with Crippen LogP contribution < -0.4 is 4.90 Å². The summed E-state index contributed by atoms with van der Waals surface area (Å²) < 4.78 is 0. The first-order valence-corrected chi connectivity index (χ1v) is 9.27. The van der Waals surface area contributed by atoms with Crippen molar-refractivity contribution in [3.05, 3.63) is 77.4 Å². The van der Waals surface area contributed by atoms with Crippen molar-refractivity contribution in [1.29, 1.82) is 0 Å². The molecule has 0 saturated carbocycles. The van der Waals surface area contributed by atoms with Gasteiger partial charge in [-0.3, -0.25) is 4.79 Å². The molecule has 4 rings (SSSR count). The Balaban J connectivity index is 1.45. The molecule has 0 aliphatic carbocycles. The lowest BCUT2D eigenvalue weighted by Crippen LogP contribution is -2.49. The summed E-state index contributed by atoms with van der Waals surface area (Å²) in [4.78, 5) is 25.7. The molecule has 5 nitrogen and oxygen atoms in total. The Morgan fingerprint density at radius 3 is 2.30 bits per heavy atom. The number of nitrogens with zero attached hydrogens (tertiary/aromatic N) is 4. The van der Waals surface area contributed by atoms with Crippen LogP contribution in [0.2, 0.25) is 5.02 Å². The zero-order valence-electron chi connectivity index (χ0n) is 14.8. The minimum atomic E-state index is 0.0831. The Labute approximate surface area is 163 Å². The summed E-state index contributed by atoms with van der Waals surface area (Å²) in [7, 11) is 0. The predicted octanol–water partition coefficient (Wildman–Crippen LogP) is 3.76. The van der Waals surface area contributed by atoms with E-state index < -0.39 is 0 Å². The molecule has 6 heteroatoms. The second-order valence-electron chi connectivity index (χ2n) is 6.39. The maximum atomic E-state index is 12.6. The number of carbonyl (C=O) groups excluding carboxylic acids is 1. The van der Waals surface area contributed by atoms with Crippen LogP contribution in [-0.4, -0.2) is 47.0 Å². The summed E-state index contributed by atoms with van der Waals surface area (Å²) in [5.74, 6) is 1.63. The second kappa shape index (κ2) is 7.76. The maximum absolute atomic E-state index is 12.6. The Kier molecular flexibility index (Phi) is 5.03. The van der Waals surface area contributed by atoms with E-state index in [1.54, 1.807) is 6.20 Å². The molecule has 1 amide bonds. The number of halogens is 1. The van der Waals surface area contributed by atoms with Gasteiger partial charge in [0, 0.05) is 48.5 Å². The third kappa shape index (κ3) is 3.93. The molecule has 1 aliphatic heterocycles. The first-order valence-electron chi connectivity index (χ1n) is 8.89. The lowest BCUT2D eigenvalue weighted by Gasteiger charge is -2.35. The SMILES string of the molecule is O=C(c1ccccc1)N1CCN(c2ccnc(-c3ccc(Cl)cc3)n2)CC1. The number of aromatic nitrogens is 2. The molecule has 2 heterocycles. The maximum Gasteiger partial charge on any atom is 0.253 e. The zero-order chi connectivity index (χ0) is 18.6. The van der Waals surface area contributed by atoms with E-state index in [2.05, 4.69) is 9.88 Å². The number of amides is 1. The fourth-order valence-electron chi connectivity index (χ4n) is 3.17. The van der Waals surface area contributed by atoms with Crippen LogP contribution in [0.25, 0.3) is 11.4 Å². The molecular formula is C21H19ClN4O. The van der Waals surface area contributed by atoms with Gasteiger partial charge in [-0.1, -0.05) is 29.8 Å². The van der Waals surface area contributed by atoms with Gasteiger partial charge in [-0.2, -0.15) is 0 Å². The molecule has 0 spiro atoms. The van der Waals surface area contributed by atoms with Gasteiger partial charge in [-0.15, -0.1) is 0 Å². The average molecular weight is 379 g/mol. The first kappa shape index (κ1) is 17.5. The summed E-state index contributed by atoms with van der Waals surface area (Å²) in [5.41, 5.74) is 1.66. The molecule has 2 aromatic carbocycles. The lowest BCUT2D eigenvalue weighted by atomic mass is 10.2. The molecule has 27 heavy (non-hydrogen) atoms. The molecule has 1 fully saturated rings. The molecule has 1 aliphatic rings. The van der Waals surface area contributed by atoms with Crippen molar-refractivity contribution in [3.8, 4) is 11.4 Å². The van der Waals surface area contributed by atoms with Crippen molar-refractivity contribution >= 4 is 23.3 Å². The van der Waals surface area contributed by atoms with Crippen LogP contribution in [0.4, 0.5) is 5.82 Å². The number of carbonyl (C=O) groups is 1. The smallest absolute Gasteiger partial charge is 0.253 e. The number of hydrogen-bond donors (Lipinski definition) is 0. The van der Waals surface area contributed by atoms with Gasteiger partial charge in [0.25, 0.3) is 5.91 Å². The molecule has 3 aromatic rings. The van der Waals surface area contributed by atoms with Crippen LogP contribution in [0.5, 0.6) is 0 Å². The number of piperazine rings is 1. The minimum Gasteiger partial charge on any atom is -0.353 e. The van der Waals surface area contributed by atoms with E-state index in [0.717, 1.165) is 30.0 Å². The van der Waals surface area contributed by atoms with E-state index >= 15 is 0 Å². The molecular weight excluding hydrogens is 360 g/mol. The summed E-state index contributed by atoms with van der Waals surface area (Å²) in [6.45, 7) is 2.84. The van der Waals surface area contributed by atoms with E-state index in [1.807, 2.05) is 65.6 Å². The molecule has 136 valence electrons. The van der Waals surface area contributed by atoms with Crippen molar-refractivity contribution in [2.24, 2.45) is 0 Å². The van der Waals surface area contributed by atoms with Gasteiger partial charge in [0.05, 0.1) is 0 Å². The fourth-order valence-corrected chi connectivity index (χ4v) is 3.29. The first-order chi connectivity index (χ1) is 13.2. The molecule has 0 N–H and O–H groups in total. The normalized spacial score (nSPS) is 14.3. The summed E-state index contributed by atoms with van der Waals surface area (Å²) in [6, 6.07) is 18.8. The van der Waals surface area contributed by atoms with Crippen LogP contribution in [0.1, 0.15) is 10.4 Å². The number of benzene rings is 2. The van der Waals surface area contributed by atoms with Gasteiger partial charge < -0.3 is 9.80 Å². The summed E-state index contributed by atoms with van der Waals surface area (Å²) >= 11 is 5.95. The molecule has 1 saturated heterocycles. The highest BCUT2D eigenvalue weighted by Crippen LogP contribution is 2.21. The number of rotatable bonds is 3. The van der Waals surface area contributed by atoms with Crippen molar-refractivity contribution in [1.82, 2.24) is 14.9 Å². The van der Waals surface area contributed by atoms with E-state index in [0.29, 0.717) is 23.9 Å². The Hall–Kier alpha value is -2.92. The highest BCUT2D eigenvalue weighted by molar-refractivity contribution is 6.30. The summed E-state index contributed by atoms with van der Waals surface area (Å²) in [5, 5.41) is 0.689.